The molecule has 1 aliphatic carbocycles. The molecule has 1 fully saturated rings. The van der Waals surface area contributed by atoms with Crippen molar-refractivity contribution in [2.24, 2.45) is 5.92 Å². The third-order valence-electron chi connectivity index (χ3n) is 1.47. The summed E-state index contributed by atoms with van der Waals surface area (Å²) in [5.74, 6) is 0.168. The van der Waals surface area contributed by atoms with Gasteiger partial charge in [0.2, 0.25) is 0 Å². The molecular weight excluding hydrogens is 122 g/mol. The predicted molar refractivity (Wildman–Crippen MR) is 30.1 cm³/mol. The highest BCUT2D eigenvalue weighted by Gasteiger charge is 2.37. The summed E-state index contributed by atoms with van der Waals surface area (Å²) in [6.45, 7) is 0.0882. The number of rotatable bonds is 2. The average Bonchev–Trinajstić information content (AvgIpc) is 2.45. The Labute approximate surface area is 52.5 Å². The maximum absolute atomic E-state index is 9.92. The molecule has 1 amide bonds. The summed E-state index contributed by atoms with van der Waals surface area (Å²) in [6.07, 6.45) is -0.223. The van der Waals surface area contributed by atoms with Gasteiger partial charge >= 0.3 is 6.09 Å². The lowest BCUT2D eigenvalue weighted by Gasteiger charge is -1.94. The summed E-state index contributed by atoms with van der Waals surface area (Å²) in [6, 6.07) is 0.00694. The SMILES string of the molecule is O=C(O)N[C@@H]1C[C@H]1CO. The van der Waals surface area contributed by atoms with Crippen molar-refractivity contribution in [3.05, 3.63) is 0 Å². The van der Waals surface area contributed by atoms with Crippen molar-refractivity contribution in [1.82, 2.24) is 5.32 Å². The molecule has 9 heavy (non-hydrogen) atoms. The number of aliphatic hydroxyl groups is 1. The zero-order valence-electron chi connectivity index (χ0n) is 4.87. The molecule has 1 saturated carbocycles. The van der Waals surface area contributed by atoms with Gasteiger partial charge in [-0.15, -0.1) is 0 Å². The Bertz CT molecular complexity index is 125. The van der Waals surface area contributed by atoms with Crippen molar-refractivity contribution in [3.8, 4) is 0 Å². The molecule has 0 aliphatic heterocycles. The van der Waals surface area contributed by atoms with Gasteiger partial charge in [-0.05, 0) is 6.42 Å². The molecular formula is C5H9NO3. The fraction of sp³-hybridized carbons (Fsp3) is 0.800. The second kappa shape index (κ2) is 2.23. The lowest BCUT2D eigenvalue weighted by molar-refractivity contribution is 0.192. The molecule has 1 rings (SSSR count). The number of amides is 1. The topological polar surface area (TPSA) is 69.6 Å². The Hall–Kier alpha value is -0.770. The second-order valence-electron chi connectivity index (χ2n) is 2.23. The first-order valence-electron chi connectivity index (χ1n) is 2.84. The molecule has 0 heterocycles. The molecule has 52 valence electrons. The minimum absolute atomic E-state index is 0.00694. The largest absolute Gasteiger partial charge is 0.465 e. The van der Waals surface area contributed by atoms with E-state index >= 15 is 0 Å². The van der Waals surface area contributed by atoms with Gasteiger partial charge in [-0.2, -0.15) is 0 Å². The molecule has 0 aromatic heterocycles. The minimum atomic E-state index is -1.00. The van der Waals surface area contributed by atoms with Crippen LogP contribution < -0.4 is 5.32 Å². The highest BCUT2D eigenvalue weighted by molar-refractivity contribution is 5.65. The van der Waals surface area contributed by atoms with Gasteiger partial charge in [-0.1, -0.05) is 0 Å². The summed E-state index contributed by atoms with van der Waals surface area (Å²) < 4.78 is 0. The van der Waals surface area contributed by atoms with Crippen LogP contribution in [0.3, 0.4) is 0 Å². The van der Waals surface area contributed by atoms with Crippen molar-refractivity contribution < 1.29 is 15.0 Å². The highest BCUT2D eigenvalue weighted by atomic mass is 16.4. The quantitative estimate of drug-likeness (QED) is 0.479. The van der Waals surface area contributed by atoms with Crippen LogP contribution in [0.25, 0.3) is 0 Å². The van der Waals surface area contributed by atoms with Gasteiger partial charge in [0.15, 0.2) is 0 Å². The van der Waals surface area contributed by atoms with Gasteiger partial charge < -0.3 is 15.5 Å². The van der Waals surface area contributed by atoms with E-state index in [1.165, 1.54) is 0 Å². The van der Waals surface area contributed by atoms with Gasteiger partial charge in [0.25, 0.3) is 0 Å². The van der Waals surface area contributed by atoms with E-state index in [1.54, 1.807) is 0 Å². The first kappa shape index (κ1) is 6.35. The lowest BCUT2D eigenvalue weighted by Crippen LogP contribution is -2.24. The number of hydrogen-bond acceptors (Lipinski definition) is 2. The molecule has 0 bridgehead atoms. The molecule has 0 saturated heterocycles. The van der Waals surface area contributed by atoms with Crippen molar-refractivity contribution in [2.45, 2.75) is 12.5 Å². The van der Waals surface area contributed by atoms with Crippen molar-refractivity contribution >= 4 is 6.09 Å². The third kappa shape index (κ3) is 1.57. The molecule has 0 unspecified atom stereocenters. The summed E-state index contributed by atoms with van der Waals surface area (Å²) in [7, 11) is 0. The van der Waals surface area contributed by atoms with E-state index in [0.29, 0.717) is 0 Å². The lowest BCUT2D eigenvalue weighted by atomic mass is 10.4. The Balaban J connectivity index is 2.12. The van der Waals surface area contributed by atoms with Crippen LogP contribution in [0.2, 0.25) is 0 Å². The number of hydrogen-bond donors (Lipinski definition) is 3. The molecule has 3 N–H and O–H groups in total. The summed E-state index contributed by atoms with van der Waals surface area (Å²) >= 11 is 0. The van der Waals surface area contributed by atoms with E-state index in [1.807, 2.05) is 0 Å². The van der Waals surface area contributed by atoms with Crippen molar-refractivity contribution in [1.29, 1.82) is 0 Å². The van der Waals surface area contributed by atoms with Gasteiger partial charge in [0.05, 0.1) is 0 Å². The summed E-state index contributed by atoms with van der Waals surface area (Å²) in [4.78, 5) is 9.92. The monoisotopic (exact) mass is 131 g/mol. The maximum atomic E-state index is 9.92. The van der Waals surface area contributed by atoms with Crippen LogP contribution in [0.5, 0.6) is 0 Å². The zero-order valence-corrected chi connectivity index (χ0v) is 4.87. The molecule has 2 atom stereocenters. The van der Waals surface area contributed by atoms with Crippen LogP contribution in [0.4, 0.5) is 4.79 Å². The smallest absolute Gasteiger partial charge is 0.404 e. The normalized spacial score (nSPS) is 31.7. The van der Waals surface area contributed by atoms with Gasteiger partial charge in [0, 0.05) is 18.6 Å². The van der Waals surface area contributed by atoms with Crippen LogP contribution in [-0.4, -0.2) is 29.0 Å². The van der Waals surface area contributed by atoms with Crippen molar-refractivity contribution in [2.75, 3.05) is 6.61 Å². The summed E-state index contributed by atoms with van der Waals surface area (Å²) in [5.41, 5.74) is 0. The van der Waals surface area contributed by atoms with Crippen LogP contribution >= 0.6 is 0 Å². The van der Waals surface area contributed by atoms with Crippen LogP contribution in [-0.2, 0) is 0 Å². The second-order valence-corrected chi connectivity index (χ2v) is 2.23. The Kier molecular flexibility index (Phi) is 1.57. The maximum Gasteiger partial charge on any atom is 0.404 e. The van der Waals surface area contributed by atoms with Gasteiger partial charge in [0.1, 0.15) is 0 Å². The van der Waals surface area contributed by atoms with E-state index in [4.69, 9.17) is 10.2 Å². The predicted octanol–water partition coefficient (Wildman–Crippen LogP) is -0.365. The highest BCUT2D eigenvalue weighted by Crippen LogP contribution is 2.28. The van der Waals surface area contributed by atoms with Crippen LogP contribution in [0, 0.1) is 5.92 Å². The number of carboxylic acid groups (broad SMARTS) is 1. The molecule has 1 aliphatic rings. The summed E-state index contributed by atoms with van der Waals surface area (Å²) in [5, 5.41) is 18.9. The first-order valence-corrected chi connectivity index (χ1v) is 2.84. The van der Waals surface area contributed by atoms with E-state index in [9.17, 15) is 4.79 Å². The van der Waals surface area contributed by atoms with Crippen LogP contribution in [0.1, 0.15) is 6.42 Å². The Morgan fingerprint density at radius 3 is 2.78 bits per heavy atom. The number of nitrogens with one attached hydrogen (secondary N) is 1. The van der Waals surface area contributed by atoms with E-state index < -0.39 is 6.09 Å². The third-order valence-corrected chi connectivity index (χ3v) is 1.47. The van der Waals surface area contributed by atoms with E-state index in [0.717, 1.165) is 6.42 Å². The number of aliphatic hydroxyl groups excluding tert-OH is 1. The average molecular weight is 131 g/mol. The molecule has 4 heteroatoms. The minimum Gasteiger partial charge on any atom is -0.465 e. The zero-order chi connectivity index (χ0) is 6.85. The van der Waals surface area contributed by atoms with E-state index in [-0.39, 0.29) is 18.6 Å². The number of carbonyl (C=O) groups is 1. The molecule has 4 nitrogen and oxygen atoms in total. The van der Waals surface area contributed by atoms with Crippen LogP contribution in [0.15, 0.2) is 0 Å². The van der Waals surface area contributed by atoms with Crippen molar-refractivity contribution in [3.63, 3.8) is 0 Å². The fourth-order valence-electron chi connectivity index (χ4n) is 0.785. The molecule has 0 aromatic rings. The Morgan fingerprint density at radius 1 is 1.78 bits per heavy atom. The molecule has 0 spiro atoms. The molecule has 0 radical (unpaired) electrons. The standard InChI is InChI=1S/C5H9NO3/c7-2-3-1-4(3)6-5(8)9/h3-4,6-7H,1-2H2,(H,8,9)/t3-,4+/m0/s1. The Morgan fingerprint density at radius 2 is 2.44 bits per heavy atom. The first-order chi connectivity index (χ1) is 4.24. The van der Waals surface area contributed by atoms with E-state index in [2.05, 4.69) is 5.32 Å². The molecule has 0 aromatic carbocycles. The van der Waals surface area contributed by atoms with Gasteiger partial charge in [-0.3, -0.25) is 0 Å². The van der Waals surface area contributed by atoms with Gasteiger partial charge in [-0.25, -0.2) is 4.79 Å². The fourth-order valence-corrected chi connectivity index (χ4v) is 0.785.